The topological polar surface area (TPSA) is 100 Å². The van der Waals surface area contributed by atoms with Crippen molar-refractivity contribution in [2.45, 2.75) is 29.0 Å². The second kappa shape index (κ2) is 8.72. The summed E-state index contributed by atoms with van der Waals surface area (Å²) in [5.74, 6) is -0.213. The number of benzene rings is 1. The van der Waals surface area contributed by atoms with Gasteiger partial charge in [0.15, 0.2) is 11.2 Å². The summed E-state index contributed by atoms with van der Waals surface area (Å²) in [6.45, 7) is 1.77. The third kappa shape index (κ3) is 4.31. The average Bonchev–Trinajstić information content (AvgIpc) is 3.20. The lowest BCUT2D eigenvalue weighted by atomic mass is 9.99. The molecule has 0 aliphatic carbocycles. The molecule has 0 radical (unpaired) electrons. The van der Waals surface area contributed by atoms with Gasteiger partial charge in [0, 0.05) is 43.5 Å². The number of aryl methyl sites for hydroxylation is 1. The van der Waals surface area contributed by atoms with E-state index in [0.29, 0.717) is 19.8 Å². The van der Waals surface area contributed by atoms with Crippen molar-refractivity contribution in [3.8, 4) is 0 Å². The van der Waals surface area contributed by atoms with Crippen molar-refractivity contribution in [2.24, 2.45) is 14.1 Å². The number of carbonyl (C=O) groups is 1. The predicted octanol–water partition coefficient (Wildman–Crippen LogP) is 0.891. The first-order valence-electron chi connectivity index (χ1n) is 10.1. The van der Waals surface area contributed by atoms with Crippen LogP contribution in [0.5, 0.6) is 0 Å². The Labute approximate surface area is 183 Å². The summed E-state index contributed by atoms with van der Waals surface area (Å²) in [6.07, 6.45) is 3.10. The van der Waals surface area contributed by atoms with Crippen LogP contribution in [-0.2, 0) is 30.2 Å². The minimum atomic E-state index is -0.469. The second-order valence-corrected chi connectivity index (χ2v) is 9.28. The molecule has 1 fully saturated rings. The van der Waals surface area contributed by atoms with Gasteiger partial charge >= 0.3 is 5.69 Å². The second-order valence-electron chi connectivity index (χ2n) is 7.74. The number of nitrogens with zero attached hydrogens (tertiary/aromatic N) is 4. The standard InChI is InChI=1S/C21H25N5O4S/c1-24-18-17(19(28)25(2)20(24)29)26(14-23-18)12-16(27)22-13-21(8-10-30-11-9-21)31-15-6-4-3-5-7-15/h3-7,14H,8-13H2,1-2H3,(H,22,27). The summed E-state index contributed by atoms with van der Waals surface area (Å²) in [5, 5.41) is 3.04. The fourth-order valence-electron chi connectivity index (χ4n) is 3.78. The van der Waals surface area contributed by atoms with Crippen molar-refractivity contribution >= 4 is 28.8 Å². The van der Waals surface area contributed by atoms with E-state index in [1.165, 1.54) is 22.5 Å². The number of ether oxygens (including phenoxy) is 1. The van der Waals surface area contributed by atoms with E-state index in [-0.39, 0.29) is 28.4 Å². The highest BCUT2D eigenvalue weighted by molar-refractivity contribution is 8.00. The largest absolute Gasteiger partial charge is 0.381 e. The van der Waals surface area contributed by atoms with Gasteiger partial charge in [-0.1, -0.05) is 18.2 Å². The minimum absolute atomic E-state index is 0.0491. The number of aromatic nitrogens is 4. The molecule has 0 unspecified atom stereocenters. The predicted molar refractivity (Wildman–Crippen MR) is 118 cm³/mol. The quantitative estimate of drug-likeness (QED) is 0.607. The molecule has 0 saturated carbocycles. The number of imidazole rings is 1. The van der Waals surface area contributed by atoms with Gasteiger partial charge in [0.05, 0.1) is 6.33 Å². The number of hydrogen-bond acceptors (Lipinski definition) is 6. The van der Waals surface area contributed by atoms with Crippen molar-refractivity contribution in [2.75, 3.05) is 19.8 Å². The monoisotopic (exact) mass is 443 g/mol. The lowest BCUT2D eigenvalue weighted by Gasteiger charge is -2.36. The van der Waals surface area contributed by atoms with Gasteiger partial charge in [0.2, 0.25) is 5.91 Å². The highest BCUT2D eigenvalue weighted by Crippen LogP contribution is 2.40. The normalized spacial score (nSPS) is 15.8. The summed E-state index contributed by atoms with van der Waals surface area (Å²) in [5.41, 5.74) is -0.420. The van der Waals surface area contributed by atoms with Crippen LogP contribution in [-0.4, -0.2) is 49.1 Å². The Balaban J connectivity index is 1.51. The van der Waals surface area contributed by atoms with E-state index in [1.54, 1.807) is 18.8 Å². The zero-order valence-electron chi connectivity index (χ0n) is 17.5. The summed E-state index contributed by atoms with van der Waals surface area (Å²) in [7, 11) is 2.97. The third-order valence-electron chi connectivity index (χ3n) is 5.62. The maximum Gasteiger partial charge on any atom is 0.332 e. The molecular formula is C21H25N5O4S. The minimum Gasteiger partial charge on any atom is -0.381 e. The first kappa shape index (κ1) is 21.4. The number of thioether (sulfide) groups is 1. The van der Waals surface area contributed by atoms with Crippen LogP contribution in [0.3, 0.4) is 0 Å². The van der Waals surface area contributed by atoms with Crippen LogP contribution in [0.25, 0.3) is 11.2 Å². The number of amides is 1. The molecule has 1 aromatic carbocycles. The van der Waals surface area contributed by atoms with Crippen LogP contribution in [0.15, 0.2) is 51.1 Å². The molecule has 0 atom stereocenters. The van der Waals surface area contributed by atoms with Gasteiger partial charge < -0.3 is 14.6 Å². The van der Waals surface area contributed by atoms with E-state index in [1.807, 2.05) is 18.2 Å². The van der Waals surface area contributed by atoms with Crippen LogP contribution in [0, 0.1) is 0 Å². The Kier molecular flexibility index (Phi) is 6.01. The maximum absolute atomic E-state index is 12.8. The molecule has 0 bridgehead atoms. The van der Waals surface area contributed by atoms with E-state index in [0.717, 1.165) is 22.3 Å². The van der Waals surface area contributed by atoms with Crippen molar-refractivity contribution in [1.82, 2.24) is 24.0 Å². The highest BCUT2D eigenvalue weighted by Gasteiger charge is 2.34. The van der Waals surface area contributed by atoms with E-state index in [4.69, 9.17) is 4.74 Å². The Morgan fingerprint density at radius 1 is 1.16 bits per heavy atom. The van der Waals surface area contributed by atoms with Gasteiger partial charge in [-0.15, -0.1) is 11.8 Å². The zero-order chi connectivity index (χ0) is 22.0. The van der Waals surface area contributed by atoms with Crippen LogP contribution in [0.4, 0.5) is 0 Å². The summed E-state index contributed by atoms with van der Waals surface area (Å²) in [4.78, 5) is 42.7. The summed E-state index contributed by atoms with van der Waals surface area (Å²) in [6, 6.07) is 10.1. The van der Waals surface area contributed by atoms with Gasteiger partial charge in [-0.05, 0) is 25.0 Å². The van der Waals surface area contributed by atoms with Crippen molar-refractivity contribution < 1.29 is 9.53 Å². The van der Waals surface area contributed by atoms with E-state index in [2.05, 4.69) is 22.4 Å². The molecule has 1 N–H and O–H groups in total. The molecule has 0 spiro atoms. The molecule has 3 heterocycles. The van der Waals surface area contributed by atoms with Crippen LogP contribution in [0.1, 0.15) is 12.8 Å². The Morgan fingerprint density at radius 3 is 2.58 bits per heavy atom. The molecular weight excluding hydrogens is 418 g/mol. The Hall–Kier alpha value is -2.85. The van der Waals surface area contributed by atoms with Crippen LogP contribution in [0.2, 0.25) is 0 Å². The van der Waals surface area contributed by atoms with E-state index < -0.39 is 11.2 Å². The third-order valence-corrected chi connectivity index (χ3v) is 7.11. The molecule has 1 aliphatic heterocycles. The van der Waals surface area contributed by atoms with Crippen molar-refractivity contribution in [3.63, 3.8) is 0 Å². The van der Waals surface area contributed by atoms with Crippen molar-refractivity contribution in [1.29, 1.82) is 0 Å². The summed E-state index contributed by atoms with van der Waals surface area (Å²) < 4.78 is 9.22. The maximum atomic E-state index is 12.8. The smallest absolute Gasteiger partial charge is 0.332 e. The Bertz CT molecular complexity index is 1210. The summed E-state index contributed by atoms with van der Waals surface area (Å²) >= 11 is 1.77. The van der Waals surface area contributed by atoms with Gasteiger partial charge in [0.25, 0.3) is 5.56 Å². The molecule has 9 nitrogen and oxygen atoms in total. The molecule has 1 amide bonds. The van der Waals surface area contributed by atoms with Gasteiger partial charge in [-0.2, -0.15) is 0 Å². The van der Waals surface area contributed by atoms with Gasteiger partial charge in [0.1, 0.15) is 6.54 Å². The van der Waals surface area contributed by atoms with Crippen LogP contribution >= 0.6 is 11.8 Å². The van der Waals surface area contributed by atoms with E-state index >= 15 is 0 Å². The fourth-order valence-corrected chi connectivity index (χ4v) is 5.09. The molecule has 4 rings (SSSR count). The number of carbonyl (C=O) groups excluding carboxylic acids is 1. The molecule has 3 aromatic rings. The molecule has 164 valence electrons. The number of fused-ring (bicyclic) bond motifs is 1. The first-order valence-corrected chi connectivity index (χ1v) is 10.9. The molecule has 1 aliphatic rings. The average molecular weight is 444 g/mol. The molecule has 1 saturated heterocycles. The van der Waals surface area contributed by atoms with Gasteiger partial charge in [-0.25, -0.2) is 9.78 Å². The van der Waals surface area contributed by atoms with Crippen LogP contribution < -0.4 is 16.6 Å². The van der Waals surface area contributed by atoms with E-state index in [9.17, 15) is 14.4 Å². The first-order chi connectivity index (χ1) is 14.9. The highest BCUT2D eigenvalue weighted by atomic mass is 32.2. The number of rotatable bonds is 6. The molecule has 2 aromatic heterocycles. The molecule has 10 heteroatoms. The SMILES string of the molecule is Cn1c(=O)c2c(ncn2CC(=O)NCC2(Sc3ccccc3)CCOCC2)n(C)c1=O. The Morgan fingerprint density at radius 2 is 1.87 bits per heavy atom. The number of hydrogen-bond donors (Lipinski definition) is 1. The lowest BCUT2D eigenvalue weighted by molar-refractivity contribution is -0.121. The number of nitrogens with one attached hydrogen (secondary N) is 1. The molecule has 31 heavy (non-hydrogen) atoms. The zero-order valence-corrected chi connectivity index (χ0v) is 18.4. The van der Waals surface area contributed by atoms with Gasteiger partial charge in [-0.3, -0.25) is 18.7 Å². The lowest BCUT2D eigenvalue weighted by Crippen LogP contribution is -2.45. The fraction of sp³-hybridized carbons (Fsp3) is 0.429. The van der Waals surface area contributed by atoms with Crippen molar-refractivity contribution in [3.05, 3.63) is 57.5 Å².